The van der Waals surface area contributed by atoms with Crippen LogP contribution in [0.25, 0.3) is 17.1 Å². The first-order valence-corrected chi connectivity index (χ1v) is 8.50. The van der Waals surface area contributed by atoms with Crippen molar-refractivity contribution in [3.05, 3.63) is 70.0 Å². The Morgan fingerprint density at radius 1 is 1.36 bits per heavy atom. The van der Waals surface area contributed by atoms with Gasteiger partial charge in [-0.3, -0.25) is 4.79 Å². The SMILES string of the molecule is CC(=O)/C(C#N)=C/c1cn(Cc2ccc(Cl)c(C(F)(F)F)c2)c2ncccc12. The van der Waals surface area contributed by atoms with Crippen molar-refractivity contribution in [3.63, 3.8) is 0 Å². The molecule has 3 aromatic rings. The van der Waals surface area contributed by atoms with Crippen LogP contribution in [0.2, 0.25) is 5.02 Å². The average Bonchev–Trinajstić information content (AvgIpc) is 2.97. The van der Waals surface area contributed by atoms with Crippen LogP contribution >= 0.6 is 11.6 Å². The molecule has 142 valence electrons. The summed E-state index contributed by atoms with van der Waals surface area (Å²) in [5.41, 5.74) is 0.577. The summed E-state index contributed by atoms with van der Waals surface area (Å²) in [6.07, 6.45) is 0.109. The van der Waals surface area contributed by atoms with E-state index in [9.17, 15) is 18.0 Å². The van der Waals surface area contributed by atoms with Crippen LogP contribution in [-0.4, -0.2) is 15.3 Å². The molecule has 0 saturated carbocycles. The third-order valence-electron chi connectivity index (χ3n) is 4.15. The molecule has 0 fully saturated rings. The van der Waals surface area contributed by atoms with Crippen LogP contribution in [0.15, 0.2) is 48.3 Å². The Balaban J connectivity index is 2.09. The maximum atomic E-state index is 13.1. The minimum atomic E-state index is -4.55. The van der Waals surface area contributed by atoms with E-state index in [-0.39, 0.29) is 22.9 Å². The molecule has 3 rings (SSSR count). The highest BCUT2D eigenvalue weighted by Crippen LogP contribution is 2.35. The number of nitrogens with zero attached hydrogens (tertiary/aromatic N) is 3. The van der Waals surface area contributed by atoms with E-state index in [0.717, 1.165) is 6.07 Å². The van der Waals surface area contributed by atoms with E-state index in [0.29, 0.717) is 22.2 Å². The monoisotopic (exact) mass is 403 g/mol. The van der Waals surface area contributed by atoms with Crippen LogP contribution in [0.5, 0.6) is 0 Å². The number of carbonyl (C=O) groups is 1. The van der Waals surface area contributed by atoms with Gasteiger partial charge in [-0.15, -0.1) is 0 Å². The van der Waals surface area contributed by atoms with Gasteiger partial charge in [-0.2, -0.15) is 18.4 Å². The number of aromatic nitrogens is 2. The zero-order valence-corrected chi connectivity index (χ0v) is 15.3. The van der Waals surface area contributed by atoms with Crippen molar-refractivity contribution >= 4 is 34.5 Å². The largest absolute Gasteiger partial charge is 0.417 e. The summed E-state index contributed by atoms with van der Waals surface area (Å²) in [6.45, 7) is 1.41. The molecule has 0 unspecified atom stereocenters. The minimum Gasteiger partial charge on any atom is -0.327 e. The number of rotatable bonds is 4. The van der Waals surface area contributed by atoms with E-state index in [1.165, 1.54) is 25.1 Å². The Kier molecular flexibility index (Phi) is 5.25. The van der Waals surface area contributed by atoms with Gasteiger partial charge in [0.05, 0.1) is 16.2 Å². The summed E-state index contributed by atoms with van der Waals surface area (Å²) in [4.78, 5) is 15.8. The molecule has 4 nitrogen and oxygen atoms in total. The molecular formula is C20H13ClF3N3O. The number of hydrogen-bond donors (Lipinski definition) is 0. The number of carbonyl (C=O) groups excluding carboxylic acids is 1. The quantitative estimate of drug-likeness (QED) is 0.441. The van der Waals surface area contributed by atoms with Gasteiger partial charge in [0.25, 0.3) is 0 Å². The Hall–Kier alpha value is -3.11. The lowest BCUT2D eigenvalue weighted by Gasteiger charge is -2.11. The maximum Gasteiger partial charge on any atom is 0.417 e. The highest BCUT2D eigenvalue weighted by Gasteiger charge is 2.33. The number of alkyl halides is 3. The number of pyridine rings is 1. The highest BCUT2D eigenvalue weighted by atomic mass is 35.5. The second-order valence-corrected chi connectivity index (χ2v) is 6.53. The molecule has 0 saturated heterocycles. The van der Waals surface area contributed by atoms with Gasteiger partial charge < -0.3 is 4.57 Å². The molecule has 0 bridgehead atoms. The van der Waals surface area contributed by atoms with E-state index >= 15 is 0 Å². The van der Waals surface area contributed by atoms with Crippen LogP contribution in [0, 0.1) is 11.3 Å². The Bertz CT molecular complexity index is 1140. The maximum absolute atomic E-state index is 13.1. The third-order valence-corrected chi connectivity index (χ3v) is 4.48. The second-order valence-electron chi connectivity index (χ2n) is 6.12. The van der Waals surface area contributed by atoms with E-state index < -0.39 is 11.7 Å². The molecule has 2 aromatic heterocycles. The fourth-order valence-corrected chi connectivity index (χ4v) is 3.06. The summed E-state index contributed by atoms with van der Waals surface area (Å²) in [5.74, 6) is -0.375. The van der Waals surface area contributed by atoms with Crippen LogP contribution in [0.3, 0.4) is 0 Å². The number of fused-ring (bicyclic) bond motifs is 1. The summed E-state index contributed by atoms with van der Waals surface area (Å²) >= 11 is 5.68. The van der Waals surface area contributed by atoms with Crippen molar-refractivity contribution in [2.75, 3.05) is 0 Å². The lowest BCUT2D eigenvalue weighted by molar-refractivity contribution is -0.137. The van der Waals surface area contributed by atoms with Gasteiger partial charge in [0.1, 0.15) is 11.7 Å². The van der Waals surface area contributed by atoms with Gasteiger partial charge in [0.2, 0.25) is 0 Å². The molecule has 0 atom stereocenters. The number of ketones is 1. The van der Waals surface area contributed by atoms with Crippen molar-refractivity contribution < 1.29 is 18.0 Å². The van der Waals surface area contributed by atoms with E-state index in [1.54, 1.807) is 29.1 Å². The van der Waals surface area contributed by atoms with Crippen molar-refractivity contribution in [1.82, 2.24) is 9.55 Å². The molecule has 0 spiro atoms. The van der Waals surface area contributed by atoms with E-state index in [1.807, 2.05) is 6.07 Å². The van der Waals surface area contributed by atoms with Gasteiger partial charge in [-0.05, 0) is 42.8 Å². The molecule has 2 heterocycles. The number of Topliss-reactive ketones (excluding diaryl/α,β-unsaturated/α-hetero) is 1. The molecular weight excluding hydrogens is 391 g/mol. The van der Waals surface area contributed by atoms with Gasteiger partial charge in [0.15, 0.2) is 5.78 Å². The van der Waals surface area contributed by atoms with E-state index in [2.05, 4.69) is 4.98 Å². The molecule has 0 aliphatic carbocycles. The van der Waals surface area contributed by atoms with Crippen LogP contribution < -0.4 is 0 Å². The van der Waals surface area contributed by atoms with Crippen molar-refractivity contribution in [2.45, 2.75) is 19.6 Å². The van der Waals surface area contributed by atoms with Crippen molar-refractivity contribution in [1.29, 1.82) is 5.26 Å². The normalized spacial score (nSPS) is 12.2. The van der Waals surface area contributed by atoms with Gasteiger partial charge in [-0.1, -0.05) is 17.7 Å². The van der Waals surface area contributed by atoms with Gasteiger partial charge in [0, 0.05) is 29.9 Å². The fraction of sp³-hybridized carbons (Fsp3) is 0.150. The number of halogens is 4. The van der Waals surface area contributed by atoms with Gasteiger partial charge >= 0.3 is 6.18 Å². The molecule has 0 aliphatic heterocycles. The summed E-state index contributed by atoms with van der Waals surface area (Å²) in [6, 6.07) is 9.04. The standard InChI is InChI=1S/C20H13ClF3N3O/c1-12(28)14(9-25)8-15-11-27(19-16(15)3-2-6-26-19)10-13-4-5-18(21)17(7-13)20(22,23)24/h2-8,11H,10H2,1H3/b14-8+. The molecule has 28 heavy (non-hydrogen) atoms. The number of hydrogen-bond acceptors (Lipinski definition) is 3. The first kappa shape index (κ1) is 19.6. The number of allylic oxidation sites excluding steroid dienone is 1. The number of nitriles is 1. The Labute approximate surface area is 163 Å². The summed E-state index contributed by atoms with van der Waals surface area (Å²) < 4.78 is 41.0. The van der Waals surface area contributed by atoms with Crippen LogP contribution in [0.4, 0.5) is 13.2 Å². The zero-order chi connectivity index (χ0) is 20.5. The minimum absolute atomic E-state index is 0.0197. The van der Waals surface area contributed by atoms with Crippen LogP contribution in [0.1, 0.15) is 23.6 Å². The van der Waals surface area contributed by atoms with E-state index in [4.69, 9.17) is 16.9 Å². The second kappa shape index (κ2) is 7.49. The molecule has 0 amide bonds. The Morgan fingerprint density at radius 2 is 2.11 bits per heavy atom. The average molecular weight is 404 g/mol. The lowest BCUT2D eigenvalue weighted by Crippen LogP contribution is -2.08. The predicted octanol–water partition coefficient (Wildman–Crippen LogP) is 5.25. The van der Waals surface area contributed by atoms with Gasteiger partial charge in [-0.25, -0.2) is 4.98 Å². The zero-order valence-electron chi connectivity index (χ0n) is 14.6. The Morgan fingerprint density at radius 3 is 2.75 bits per heavy atom. The molecule has 8 heteroatoms. The smallest absolute Gasteiger partial charge is 0.327 e. The van der Waals surface area contributed by atoms with Crippen LogP contribution in [-0.2, 0) is 17.5 Å². The molecule has 0 N–H and O–H groups in total. The molecule has 1 aromatic carbocycles. The predicted molar refractivity (Wildman–Crippen MR) is 99.6 cm³/mol. The third kappa shape index (κ3) is 3.92. The topological polar surface area (TPSA) is 58.7 Å². The number of benzene rings is 1. The lowest BCUT2D eigenvalue weighted by atomic mass is 10.1. The molecule has 0 radical (unpaired) electrons. The highest BCUT2D eigenvalue weighted by molar-refractivity contribution is 6.31. The fourth-order valence-electron chi connectivity index (χ4n) is 2.84. The first-order valence-electron chi connectivity index (χ1n) is 8.13. The summed E-state index contributed by atoms with van der Waals surface area (Å²) in [5, 5.41) is 9.44. The van der Waals surface area contributed by atoms with Crippen molar-refractivity contribution in [2.24, 2.45) is 0 Å². The molecule has 0 aliphatic rings. The first-order chi connectivity index (χ1) is 13.2. The van der Waals surface area contributed by atoms with Crippen molar-refractivity contribution in [3.8, 4) is 6.07 Å². The summed E-state index contributed by atoms with van der Waals surface area (Å²) in [7, 11) is 0.